The molecule has 1 aromatic heterocycles. The van der Waals surface area contributed by atoms with E-state index in [2.05, 4.69) is 15.5 Å². The molecule has 0 aliphatic rings. The van der Waals surface area contributed by atoms with Crippen molar-refractivity contribution in [2.75, 3.05) is 25.1 Å². The van der Waals surface area contributed by atoms with Gasteiger partial charge in [0.05, 0.1) is 18.9 Å². The Morgan fingerprint density at radius 2 is 1.82 bits per heavy atom. The zero-order valence-corrected chi connectivity index (χ0v) is 19.2. The number of nitrogens with two attached hydrogens (primary N) is 1. The summed E-state index contributed by atoms with van der Waals surface area (Å²) in [6.07, 6.45) is 3.44. The molecule has 3 aromatic rings. The van der Waals surface area contributed by atoms with Crippen LogP contribution in [0.2, 0.25) is 0 Å². The van der Waals surface area contributed by atoms with Crippen molar-refractivity contribution >= 4 is 17.4 Å². The van der Waals surface area contributed by atoms with Crippen LogP contribution in [-0.4, -0.2) is 36.5 Å². The third kappa shape index (κ3) is 7.40. The Morgan fingerprint density at radius 3 is 2.59 bits per heavy atom. The third-order valence-corrected chi connectivity index (χ3v) is 4.45. The second-order valence-corrected chi connectivity index (χ2v) is 7.00. The fourth-order valence-corrected chi connectivity index (χ4v) is 2.94. The number of nitrogens with zero attached hydrogens (tertiary/aromatic N) is 2. The molecular formula is C25H28N4O5. The normalized spacial score (nSPS) is 10.9. The van der Waals surface area contributed by atoms with Crippen molar-refractivity contribution in [2.24, 2.45) is 10.9 Å². The van der Waals surface area contributed by atoms with E-state index in [1.807, 2.05) is 32.0 Å². The molecule has 0 spiro atoms. The summed E-state index contributed by atoms with van der Waals surface area (Å²) in [4.78, 5) is 21.6. The summed E-state index contributed by atoms with van der Waals surface area (Å²) < 4.78 is 16.8. The molecule has 178 valence electrons. The summed E-state index contributed by atoms with van der Waals surface area (Å²) in [5.41, 5.74) is 8.05. The predicted octanol–water partition coefficient (Wildman–Crippen LogP) is 3.73. The zero-order chi connectivity index (χ0) is 24.2. The SMILES string of the molecule is CCOc1ccc(OCC)c(NC(=O)CO/N=C(/N)c2cccc(OCc3cccnc3)c2)c1. The first-order chi connectivity index (χ1) is 16.6. The van der Waals surface area contributed by atoms with Crippen molar-refractivity contribution in [3.05, 3.63) is 78.1 Å². The van der Waals surface area contributed by atoms with E-state index in [-0.39, 0.29) is 12.4 Å². The number of ether oxygens (including phenoxy) is 3. The first-order valence-electron chi connectivity index (χ1n) is 10.9. The molecule has 3 N–H and O–H groups in total. The Labute approximate surface area is 198 Å². The number of carbonyl (C=O) groups is 1. The highest BCUT2D eigenvalue weighted by molar-refractivity contribution is 5.97. The first kappa shape index (κ1) is 24.4. The van der Waals surface area contributed by atoms with Gasteiger partial charge in [-0.3, -0.25) is 9.78 Å². The van der Waals surface area contributed by atoms with E-state index in [1.54, 1.807) is 48.8 Å². The smallest absolute Gasteiger partial charge is 0.265 e. The molecule has 0 radical (unpaired) electrons. The van der Waals surface area contributed by atoms with Crippen LogP contribution in [0.15, 0.2) is 72.1 Å². The lowest BCUT2D eigenvalue weighted by atomic mass is 10.2. The molecule has 0 saturated heterocycles. The van der Waals surface area contributed by atoms with Crippen LogP contribution in [0.3, 0.4) is 0 Å². The number of aromatic nitrogens is 1. The van der Waals surface area contributed by atoms with E-state index in [0.717, 1.165) is 5.56 Å². The molecule has 34 heavy (non-hydrogen) atoms. The minimum atomic E-state index is -0.417. The molecule has 9 heteroatoms. The first-order valence-corrected chi connectivity index (χ1v) is 10.9. The van der Waals surface area contributed by atoms with E-state index in [0.29, 0.717) is 48.3 Å². The number of carbonyl (C=O) groups excluding carboxylic acids is 1. The van der Waals surface area contributed by atoms with Crippen LogP contribution in [0.4, 0.5) is 5.69 Å². The van der Waals surface area contributed by atoms with Crippen LogP contribution in [0, 0.1) is 0 Å². The Bertz CT molecular complexity index is 1110. The highest BCUT2D eigenvalue weighted by Gasteiger charge is 2.11. The van der Waals surface area contributed by atoms with Crippen LogP contribution in [-0.2, 0) is 16.2 Å². The van der Waals surface area contributed by atoms with Gasteiger partial charge in [0, 0.05) is 29.6 Å². The molecule has 2 aromatic carbocycles. The van der Waals surface area contributed by atoms with Gasteiger partial charge in [-0.05, 0) is 44.2 Å². The Hall–Kier alpha value is -4.27. The highest BCUT2D eigenvalue weighted by atomic mass is 16.6. The summed E-state index contributed by atoms with van der Waals surface area (Å²) in [6, 6.07) is 16.1. The Balaban J connectivity index is 1.56. The van der Waals surface area contributed by atoms with Gasteiger partial charge in [0.15, 0.2) is 12.4 Å². The number of oxime groups is 1. The molecule has 0 fully saturated rings. The van der Waals surface area contributed by atoms with Crippen molar-refractivity contribution in [3.8, 4) is 17.2 Å². The summed E-state index contributed by atoms with van der Waals surface area (Å²) >= 11 is 0. The fourth-order valence-electron chi connectivity index (χ4n) is 2.94. The highest BCUT2D eigenvalue weighted by Crippen LogP contribution is 2.29. The van der Waals surface area contributed by atoms with E-state index >= 15 is 0 Å². The number of anilines is 1. The minimum absolute atomic E-state index is 0.118. The number of amidine groups is 1. The summed E-state index contributed by atoms with van der Waals surface area (Å²) in [5.74, 6) is 1.48. The molecule has 1 heterocycles. The van der Waals surface area contributed by atoms with Crippen LogP contribution in [0.25, 0.3) is 0 Å². The maximum absolute atomic E-state index is 12.4. The van der Waals surface area contributed by atoms with Gasteiger partial charge < -0.3 is 30.1 Å². The summed E-state index contributed by atoms with van der Waals surface area (Å²) in [5, 5.41) is 6.60. The lowest BCUT2D eigenvalue weighted by molar-refractivity contribution is -0.120. The lowest BCUT2D eigenvalue weighted by Crippen LogP contribution is -2.20. The lowest BCUT2D eigenvalue weighted by Gasteiger charge is -2.13. The minimum Gasteiger partial charge on any atom is -0.494 e. The van der Waals surface area contributed by atoms with Crippen molar-refractivity contribution in [1.82, 2.24) is 4.98 Å². The second kappa shape index (κ2) is 12.7. The topological polar surface area (TPSA) is 117 Å². The Morgan fingerprint density at radius 1 is 1.00 bits per heavy atom. The maximum atomic E-state index is 12.4. The van der Waals surface area contributed by atoms with Gasteiger partial charge in [-0.1, -0.05) is 23.4 Å². The molecule has 1 amide bonds. The standard InChI is InChI=1S/C25H28N4O5/c1-3-31-21-10-11-23(32-4-2)22(14-21)28-24(30)17-34-29-25(26)19-8-5-9-20(13-19)33-16-18-7-6-12-27-15-18/h5-15H,3-4,16-17H2,1-2H3,(H2,26,29)(H,28,30). The number of benzene rings is 2. The van der Waals surface area contributed by atoms with Crippen LogP contribution >= 0.6 is 0 Å². The number of hydrogen-bond acceptors (Lipinski definition) is 7. The van der Waals surface area contributed by atoms with Gasteiger partial charge >= 0.3 is 0 Å². The molecule has 9 nitrogen and oxygen atoms in total. The molecule has 0 aliphatic carbocycles. The Kier molecular flexibility index (Phi) is 9.09. The van der Waals surface area contributed by atoms with Gasteiger partial charge in [-0.2, -0.15) is 0 Å². The monoisotopic (exact) mass is 464 g/mol. The number of amides is 1. The van der Waals surface area contributed by atoms with E-state index < -0.39 is 5.91 Å². The molecule has 0 saturated carbocycles. The van der Waals surface area contributed by atoms with Crippen molar-refractivity contribution in [1.29, 1.82) is 0 Å². The van der Waals surface area contributed by atoms with Gasteiger partial charge in [-0.25, -0.2) is 0 Å². The average Bonchev–Trinajstić information content (AvgIpc) is 2.85. The quantitative estimate of drug-likeness (QED) is 0.238. The summed E-state index contributed by atoms with van der Waals surface area (Å²) in [6.45, 7) is 4.75. The maximum Gasteiger partial charge on any atom is 0.265 e. The number of nitrogens with one attached hydrogen (secondary N) is 1. The number of hydrogen-bond donors (Lipinski definition) is 2. The van der Waals surface area contributed by atoms with Gasteiger partial charge in [0.2, 0.25) is 0 Å². The van der Waals surface area contributed by atoms with Crippen LogP contribution in [0.1, 0.15) is 25.0 Å². The average molecular weight is 465 g/mol. The molecule has 0 aliphatic heterocycles. The molecular weight excluding hydrogens is 436 g/mol. The molecule has 0 unspecified atom stereocenters. The molecule has 0 atom stereocenters. The molecule has 0 bridgehead atoms. The fraction of sp³-hybridized carbons (Fsp3) is 0.240. The van der Waals surface area contributed by atoms with E-state index in [9.17, 15) is 4.79 Å². The van der Waals surface area contributed by atoms with E-state index in [1.165, 1.54) is 0 Å². The predicted molar refractivity (Wildman–Crippen MR) is 129 cm³/mol. The van der Waals surface area contributed by atoms with Gasteiger partial charge in [0.25, 0.3) is 5.91 Å². The van der Waals surface area contributed by atoms with Gasteiger partial charge in [-0.15, -0.1) is 0 Å². The van der Waals surface area contributed by atoms with Crippen molar-refractivity contribution in [2.45, 2.75) is 20.5 Å². The van der Waals surface area contributed by atoms with Gasteiger partial charge in [0.1, 0.15) is 23.9 Å². The van der Waals surface area contributed by atoms with Crippen molar-refractivity contribution in [3.63, 3.8) is 0 Å². The van der Waals surface area contributed by atoms with Crippen LogP contribution < -0.4 is 25.3 Å². The zero-order valence-electron chi connectivity index (χ0n) is 19.2. The second-order valence-electron chi connectivity index (χ2n) is 7.00. The largest absolute Gasteiger partial charge is 0.494 e. The third-order valence-electron chi connectivity index (χ3n) is 4.45. The van der Waals surface area contributed by atoms with E-state index in [4.69, 9.17) is 24.8 Å². The number of pyridine rings is 1. The summed E-state index contributed by atoms with van der Waals surface area (Å²) in [7, 11) is 0. The number of rotatable bonds is 12. The van der Waals surface area contributed by atoms with Crippen molar-refractivity contribution < 1.29 is 23.8 Å². The molecule has 3 rings (SSSR count). The van der Waals surface area contributed by atoms with Crippen LogP contribution in [0.5, 0.6) is 17.2 Å².